The van der Waals surface area contributed by atoms with Crippen LogP contribution in [-0.2, 0) is 11.2 Å². The number of Topliss-reactive ketones (excluding diaryl/α,β-unsaturated/α-hetero) is 1. The molecule has 2 aromatic heterocycles. The molecule has 0 radical (unpaired) electrons. The molecule has 4 nitrogen and oxygen atoms in total. The molecule has 1 aliphatic carbocycles. The molecule has 2 fully saturated rings. The number of imidazole rings is 1. The maximum Gasteiger partial charge on any atom is 0.161 e. The highest BCUT2D eigenvalue weighted by molar-refractivity contribution is 8.01. The van der Waals surface area contributed by atoms with Gasteiger partial charge in [0.2, 0.25) is 0 Å². The summed E-state index contributed by atoms with van der Waals surface area (Å²) >= 11 is 8.15. The van der Waals surface area contributed by atoms with Gasteiger partial charge in [-0.3, -0.25) is 4.79 Å². The number of aromatic nitrogens is 3. The second kappa shape index (κ2) is 8.97. The molecule has 6 heteroatoms. The second-order valence-electron chi connectivity index (χ2n) is 9.30. The van der Waals surface area contributed by atoms with Crippen LogP contribution >= 0.6 is 23.4 Å². The van der Waals surface area contributed by atoms with Crippen molar-refractivity contribution in [2.75, 3.05) is 0 Å². The Labute approximate surface area is 183 Å². The van der Waals surface area contributed by atoms with Crippen LogP contribution in [0.3, 0.4) is 0 Å². The first-order valence-electron chi connectivity index (χ1n) is 11.1. The minimum Gasteiger partial charge on any atom is -0.310 e. The van der Waals surface area contributed by atoms with E-state index in [0.717, 1.165) is 42.7 Å². The molecule has 1 unspecified atom stereocenters. The Morgan fingerprint density at radius 2 is 2.03 bits per heavy atom. The van der Waals surface area contributed by atoms with E-state index in [0.29, 0.717) is 33.4 Å². The first kappa shape index (κ1) is 21.2. The van der Waals surface area contributed by atoms with Gasteiger partial charge in [0, 0.05) is 35.3 Å². The smallest absolute Gasteiger partial charge is 0.161 e. The number of nitrogens with zero attached hydrogens (tertiary/aromatic N) is 3. The molecule has 0 amide bonds. The molecule has 1 aliphatic heterocycles. The van der Waals surface area contributed by atoms with Crippen LogP contribution in [0.4, 0.5) is 0 Å². The summed E-state index contributed by atoms with van der Waals surface area (Å²) in [6, 6.07) is 4.29. The molecule has 0 bridgehead atoms. The van der Waals surface area contributed by atoms with Gasteiger partial charge in [-0.1, -0.05) is 31.9 Å². The predicted octanol–water partition coefficient (Wildman–Crippen LogP) is 6.55. The van der Waals surface area contributed by atoms with Crippen molar-refractivity contribution in [3.8, 4) is 0 Å². The largest absolute Gasteiger partial charge is 0.310 e. The third-order valence-corrected chi connectivity index (χ3v) is 8.16. The van der Waals surface area contributed by atoms with E-state index in [-0.39, 0.29) is 0 Å². The number of unbranched alkanes of at least 4 members (excludes halogenated alkanes) is 1. The zero-order valence-corrected chi connectivity index (χ0v) is 19.2. The molecule has 0 N–H and O–H groups in total. The Bertz CT molecular complexity index is 874. The third kappa shape index (κ3) is 5.16. The van der Waals surface area contributed by atoms with Gasteiger partial charge < -0.3 is 4.57 Å². The van der Waals surface area contributed by atoms with E-state index >= 15 is 0 Å². The van der Waals surface area contributed by atoms with E-state index in [1.54, 1.807) is 0 Å². The lowest BCUT2D eigenvalue weighted by molar-refractivity contribution is -0.119. The molecule has 1 atom stereocenters. The molecule has 3 heterocycles. The quantitative estimate of drug-likeness (QED) is 0.350. The van der Waals surface area contributed by atoms with E-state index in [1.165, 1.54) is 38.5 Å². The molecular formula is C23H32ClN3OS. The molecule has 4 rings (SSSR count). The summed E-state index contributed by atoms with van der Waals surface area (Å²) < 4.78 is 2.65. The summed E-state index contributed by atoms with van der Waals surface area (Å²) in [5, 5.41) is 1.05. The average molecular weight is 434 g/mol. The Balaban J connectivity index is 1.30. The van der Waals surface area contributed by atoms with E-state index in [4.69, 9.17) is 16.6 Å². The van der Waals surface area contributed by atoms with Gasteiger partial charge in [-0.2, -0.15) is 11.8 Å². The van der Waals surface area contributed by atoms with Crippen LogP contribution in [0.15, 0.2) is 12.1 Å². The summed E-state index contributed by atoms with van der Waals surface area (Å²) in [6.45, 7) is 4.62. The van der Waals surface area contributed by atoms with Gasteiger partial charge in [-0.15, -0.1) is 0 Å². The van der Waals surface area contributed by atoms with Crippen molar-refractivity contribution in [1.29, 1.82) is 0 Å². The van der Waals surface area contributed by atoms with Crippen molar-refractivity contribution in [2.24, 2.45) is 0 Å². The number of hydrogen-bond acceptors (Lipinski definition) is 4. The SMILES string of the molecule is CC1(C)CCCC(CC(=O)CCCCc2nc3ccc(Cl)nc3n2C2CCC2)S1. The molecule has 1 saturated carbocycles. The van der Waals surface area contributed by atoms with E-state index in [2.05, 4.69) is 23.4 Å². The van der Waals surface area contributed by atoms with E-state index in [1.807, 2.05) is 23.9 Å². The zero-order chi connectivity index (χ0) is 20.4. The zero-order valence-electron chi connectivity index (χ0n) is 17.6. The number of pyridine rings is 1. The summed E-state index contributed by atoms with van der Waals surface area (Å²) in [6.07, 6.45) is 11.7. The fourth-order valence-corrected chi connectivity index (χ4v) is 6.49. The topological polar surface area (TPSA) is 47.8 Å². The number of rotatable bonds is 8. The number of carbonyl (C=O) groups excluding carboxylic acids is 1. The van der Waals surface area contributed by atoms with Gasteiger partial charge in [-0.05, 0) is 57.1 Å². The standard InChI is InChI=1S/C23H32ClN3OS/c1-23(2)14-6-10-18(29-23)15-17(28)9-3-4-11-21-25-19-12-13-20(24)26-22(19)27(21)16-7-5-8-16/h12-13,16,18H,3-11,14-15H2,1-2H3. The normalized spacial score (nSPS) is 22.0. The van der Waals surface area contributed by atoms with Crippen LogP contribution < -0.4 is 0 Å². The lowest BCUT2D eigenvalue weighted by Crippen LogP contribution is -2.26. The van der Waals surface area contributed by atoms with Crippen molar-refractivity contribution in [1.82, 2.24) is 14.5 Å². The second-order valence-corrected chi connectivity index (χ2v) is 11.7. The first-order valence-corrected chi connectivity index (χ1v) is 12.4. The van der Waals surface area contributed by atoms with Gasteiger partial charge in [0.25, 0.3) is 0 Å². The average Bonchev–Trinajstić information content (AvgIpc) is 2.94. The number of fused-ring (bicyclic) bond motifs is 1. The number of aryl methyl sites for hydroxylation is 1. The molecule has 158 valence electrons. The fourth-order valence-electron chi connectivity index (χ4n) is 4.63. The van der Waals surface area contributed by atoms with Crippen molar-refractivity contribution in [3.63, 3.8) is 0 Å². The lowest BCUT2D eigenvalue weighted by Gasteiger charge is -2.34. The third-order valence-electron chi connectivity index (χ3n) is 6.37. The maximum absolute atomic E-state index is 12.5. The van der Waals surface area contributed by atoms with Crippen molar-refractivity contribution in [2.45, 2.75) is 101 Å². The first-order chi connectivity index (χ1) is 13.9. The van der Waals surface area contributed by atoms with Crippen LogP contribution in [0, 0.1) is 0 Å². The van der Waals surface area contributed by atoms with Crippen LogP contribution in [0.5, 0.6) is 0 Å². The number of carbonyl (C=O) groups is 1. The summed E-state index contributed by atoms with van der Waals surface area (Å²) in [7, 11) is 0. The number of ketones is 1. The van der Waals surface area contributed by atoms with E-state index < -0.39 is 0 Å². The van der Waals surface area contributed by atoms with Crippen LogP contribution in [0.25, 0.3) is 11.2 Å². The lowest BCUT2D eigenvalue weighted by atomic mass is 9.92. The van der Waals surface area contributed by atoms with Gasteiger partial charge in [0.05, 0.1) is 0 Å². The Hall–Kier alpha value is -1.07. The van der Waals surface area contributed by atoms with Gasteiger partial charge in [0.1, 0.15) is 22.3 Å². The summed E-state index contributed by atoms with van der Waals surface area (Å²) in [5.41, 5.74) is 1.86. The van der Waals surface area contributed by atoms with Crippen LogP contribution in [0.2, 0.25) is 5.15 Å². The fraction of sp³-hybridized carbons (Fsp3) is 0.696. The number of thioether (sulfide) groups is 1. The maximum atomic E-state index is 12.5. The summed E-state index contributed by atoms with van der Waals surface area (Å²) in [4.78, 5) is 21.9. The van der Waals surface area contributed by atoms with Gasteiger partial charge >= 0.3 is 0 Å². The van der Waals surface area contributed by atoms with Crippen molar-refractivity contribution >= 4 is 40.3 Å². The predicted molar refractivity (Wildman–Crippen MR) is 122 cm³/mol. The molecule has 29 heavy (non-hydrogen) atoms. The van der Waals surface area contributed by atoms with Gasteiger partial charge in [0.15, 0.2) is 5.65 Å². The monoisotopic (exact) mass is 433 g/mol. The minimum absolute atomic E-state index is 0.334. The minimum atomic E-state index is 0.334. The number of hydrogen-bond donors (Lipinski definition) is 0. The Morgan fingerprint density at radius 3 is 2.76 bits per heavy atom. The van der Waals surface area contributed by atoms with Crippen molar-refractivity contribution < 1.29 is 4.79 Å². The molecule has 0 spiro atoms. The van der Waals surface area contributed by atoms with Crippen LogP contribution in [0.1, 0.15) is 89.9 Å². The number of halogens is 1. The highest BCUT2D eigenvalue weighted by Crippen LogP contribution is 2.42. The Morgan fingerprint density at radius 1 is 1.21 bits per heavy atom. The molecule has 1 saturated heterocycles. The highest BCUT2D eigenvalue weighted by atomic mass is 35.5. The van der Waals surface area contributed by atoms with E-state index in [9.17, 15) is 4.79 Å². The molecular weight excluding hydrogens is 402 g/mol. The van der Waals surface area contributed by atoms with Crippen LogP contribution in [-0.4, -0.2) is 30.3 Å². The summed E-state index contributed by atoms with van der Waals surface area (Å²) in [5.74, 6) is 1.54. The molecule has 2 aromatic rings. The molecule has 0 aromatic carbocycles. The highest BCUT2D eigenvalue weighted by Gasteiger charge is 2.29. The molecule has 2 aliphatic rings. The van der Waals surface area contributed by atoms with Crippen molar-refractivity contribution in [3.05, 3.63) is 23.1 Å². The Kier molecular flexibility index (Phi) is 6.55. The van der Waals surface area contributed by atoms with Gasteiger partial charge in [-0.25, -0.2) is 9.97 Å².